The highest BCUT2D eigenvalue weighted by atomic mass is 16.3. The summed E-state index contributed by atoms with van der Waals surface area (Å²) in [6, 6.07) is 4.88. The predicted molar refractivity (Wildman–Crippen MR) is 85.6 cm³/mol. The second-order valence-electron chi connectivity index (χ2n) is 6.09. The zero-order valence-electron chi connectivity index (χ0n) is 13.8. The molecule has 0 saturated carbocycles. The Morgan fingerprint density at radius 2 is 1.80 bits per heavy atom. The molecule has 0 saturated heterocycles. The van der Waals surface area contributed by atoms with Crippen LogP contribution in [0.1, 0.15) is 65.7 Å². The van der Waals surface area contributed by atoms with Gasteiger partial charge in [-0.2, -0.15) is 0 Å². The van der Waals surface area contributed by atoms with E-state index in [0.717, 1.165) is 31.6 Å². The van der Waals surface area contributed by atoms with Crippen LogP contribution in [-0.4, -0.2) is 23.5 Å². The van der Waals surface area contributed by atoms with Crippen molar-refractivity contribution in [3.63, 3.8) is 0 Å². The monoisotopic (exact) mass is 280 g/mol. The summed E-state index contributed by atoms with van der Waals surface area (Å²) in [6.45, 7) is 12.3. The van der Waals surface area contributed by atoms with Crippen molar-refractivity contribution in [1.29, 1.82) is 0 Å². The Kier molecular flexibility index (Phi) is 7.31. The molecule has 3 nitrogen and oxygen atoms in total. The Bertz CT molecular complexity index is 344. The second kappa shape index (κ2) is 8.48. The van der Waals surface area contributed by atoms with Crippen LogP contribution in [0, 0.1) is 5.92 Å². The molecule has 116 valence electrons. The maximum absolute atomic E-state index is 6.43. The van der Waals surface area contributed by atoms with Crippen molar-refractivity contribution in [2.75, 3.05) is 6.54 Å². The Morgan fingerprint density at radius 1 is 1.15 bits per heavy atom. The van der Waals surface area contributed by atoms with E-state index in [-0.39, 0.29) is 12.1 Å². The summed E-state index contributed by atoms with van der Waals surface area (Å²) in [5.41, 5.74) is 6.43. The average molecular weight is 280 g/mol. The lowest BCUT2D eigenvalue weighted by Gasteiger charge is -2.40. The molecule has 1 aromatic heterocycles. The molecule has 3 heteroatoms. The third kappa shape index (κ3) is 4.35. The predicted octanol–water partition coefficient (Wildman–Crippen LogP) is 4.20. The first-order chi connectivity index (χ1) is 9.54. The summed E-state index contributed by atoms with van der Waals surface area (Å²) in [5, 5.41) is 0. The summed E-state index contributed by atoms with van der Waals surface area (Å²) in [4.78, 5) is 2.57. The van der Waals surface area contributed by atoms with Gasteiger partial charge in [-0.05, 0) is 37.3 Å². The lowest BCUT2D eigenvalue weighted by molar-refractivity contribution is 0.0778. The number of hydrogen-bond acceptors (Lipinski definition) is 3. The zero-order valence-corrected chi connectivity index (χ0v) is 13.8. The number of hydrogen-bond donors (Lipinski definition) is 1. The van der Waals surface area contributed by atoms with E-state index in [4.69, 9.17) is 10.2 Å². The molecular weight excluding hydrogens is 248 g/mol. The summed E-state index contributed by atoms with van der Waals surface area (Å²) in [7, 11) is 0. The normalized spacial score (nSPS) is 15.2. The van der Waals surface area contributed by atoms with Gasteiger partial charge in [-0.3, -0.25) is 4.90 Å². The van der Waals surface area contributed by atoms with Gasteiger partial charge in [-0.1, -0.05) is 34.6 Å². The largest absolute Gasteiger partial charge is 0.468 e. The van der Waals surface area contributed by atoms with Gasteiger partial charge in [0.2, 0.25) is 0 Å². The van der Waals surface area contributed by atoms with E-state index in [1.165, 1.54) is 0 Å². The fourth-order valence-electron chi connectivity index (χ4n) is 2.97. The van der Waals surface area contributed by atoms with Gasteiger partial charge in [0.15, 0.2) is 0 Å². The van der Waals surface area contributed by atoms with E-state index >= 15 is 0 Å². The Hall–Kier alpha value is -0.800. The average Bonchev–Trinajstić information content (AvgIpc) is 2.93. The molecule has 0 aliphatic rings. The third-order valence-electron chi connectivity index (χ3n) is 4.06. The van der Waals surface area contributed by atoms with E-state index in [1.54, 1.807) is 6.26 Å². The highest BCUT2D eigenvalue weighted by Gasteiger charge is 2.31. The van der Waals surface area contributed by atoms with Crippen LogP contribution < -0.4 is 5.73 Å². The molecule has 0 aliphatic carbocycles. The molecule has 0 amide bonds. The van der Waals surface area contributed by atoms with Crippen molar-refractivity contribution in [2.45, 2.75) is 72.0 Å². The standard InChI is InChI=1S/C17H32N2O/c1-6-14(7-2)19(12-13(4)5)17(15(18)8-3)16-10-9-11-20-16/h9-11,13-15,17H,6-8,12,18H2,1-5H3. The van der Waals surface area contributed by atoms with Gasteiger partial charge < -0.3 is 10.2 Å². The fourth-order valence-corrected chi connectivity index (χ4v) is 2.97. The molecule has 0 radical (unpaired) electrons. The first kappa shape index (κ1) is 17.3. The minimum atomic E-state index is 0.112. The molecule has 0 spiro atoms. The summed E-state index contributed by atoms with van der Waals surface area (Å²) in [6.07, 6.45) is 5.01. The molecule has 2 N–H and O–H groups in total. The minimum absolute atomic E-state index is 0.112. The number of nitrogens with two attached hydrogens (primary N) is 1. The van der Waals surface area contributed by atoms with E-state index in [0.29, 0.717) is 12.0 Å². The summed E-state index contributed by atoms with van der Waals surface area (Å²) < 4.78 is 5.70. The van der Waals surface area contributed by atoms with Gasteiger partial charge in [0.1, 0.15) is 5.76 Å². The Morgan fingerprint density at radius 3 is 2.20 bits per heavy atom. The van der Waals surface area contributed by atoms with Gasteiger partial charge in [-0.15, -0.1) is 0 Å². The van der Waals surface area contributed by atoms with Crippen LogP contribution in [0.25, 0.3) is 0 Å². The lowest BCUT2D eigenvalue weighted by Crippen LogP contribution is -2.47. The first-order valence-corrected chi connectivity index (χ1v) is 8.09. The molecule has 1 aromatic rings. The molecule has 1 rings (SSSR count). The van der Waals surface area contributed by atoms with E-state index in [1.807, 2.05) is 6.07 Å². The molecular formula is C17H32N2O. The number of furan rings is 1. The van der Waals surface area contributed by atoms with Crippen molar-refractivity contribution >= 4 is 0 Å². The van der Waals surface area contributed by atoms with E-state index in [9.17, 15) is 0 Å². The van der Waals surface area contributed by atoms with Crippen LogP contribution >= 0.6 is 0 Å². The summed E-state index contributed by atoms with van der Waals surface area (Å²) in [5.74, 6) is 1.63. The van der Waals surface area contributed by atoms with Crippen LogP contribution in [0.3, 0.4) is 0 Å². The third-order valence-corrected chi connectivity index (χ3v) is 4.06. The van der Waals surface area contributed by atoms with Gasteiger partial charge in [-0.25, -0.2) is 0 Å². The van der Waals surface area contributed by atoms with Gasteiger partial charge in [0.25, 0.3) is 0 Å². The molecule has 20 heavy (non-hydrogen) atoms. The Balaban J connectivity index is 3.08. The van der Waals surface area contributed by atoms with Crippen LogP contribution in [0.15, 0.2) is 22.8 Å². The van der Waals surface area contributed by atoms with Gasteiger partial charge in [0, 0.05) is 18.6 Å². The molecule has 0 aliphatic heterocycles. The van der Waals surface area contributed by atoms with Crippen molar-refractivity contribution in [3.8, 4) is 0 Å². The maximum atomic E-state index is 6.43. The molecule has 0 aromatic carbocycles. The zero-order chi connectivity index (χ0) is 15.1. The van der Waals surface area contributed by atoms with Gasteiger partial charge >= 0.3 is 0 Å². The minimum Gasteiger partial charge on any atom is -0.468 e. The van der Waals surface area contributed by atoms with Crippen LogP contribution in [0.5, 0.6) is 0 Å². The SMILES string of the molecule is CCC(N)C(c1ccco1)N(CC(C)C)C(CC)CC. The quantitative estimate of drug-likeness (QED) is 0.737. The highest BCUT2D eigenvalue weighted by molar-refractivity contribution is 5.08. The smallest absolute Gasteiger partial charge is 0.122 e. The topological polar surface area (TPSA) is 42.4 Å². The Labute approximate surface area is 124 Å². The molecule has 2 atom stereocenters. The number of nitrogens with zero attached hydrogens (tertiary/aromatic N) is 1. The second-order valence-corrected chi connectivity index (χ2v) is 6.09. The molecule has 0 fully saturated rings. The van der Waals surface area contributed by atoms with E-state index < -0.39 is 0 Å². The van der Waals surface area contributed by atoms with Crippen molar-refractivity contribution in [3.05, 3.63) is 24.2 Å². The summed E-state index contributed by atoms with van der Waals surface area (Å²) >= 11 is 0. The fraction of sp³-hybridized carbons (Fsp3) is 0.765. The molecule has 0 bridgehead atoms. The molecule has 1 heterocycles. The number of rotatable bonds is 9. The van der Waals surface area contributed by atoms with Gasteiger partial charge in [0.05, 0.1) is 12.3 Å². The van der Waals surface area contributed by atoms with E-state index in [2.05, 4.69) is 45.6 Å². The highest BCUT2D eigenvalue weighted by Crippen LogP contribution is 2.30. The van der Waals surface area contributed by atoms with Crippen molar-refractivity contribution in [2.24, 2.45) is 11.7 Å². The first-order valence-electron chi connectivity index (χ1n) is 8.09. The maximum Gasteiger partial charge on any atom is 0.122 e. The lowest BCUT2D eigenvalue weighted by atomic mass is 9.96. The van der Waals surface area contributed by atoms with Crippen LogP contribution in [0.4, 0.5) is 0 Å². The van der Waals surface area contributed by atoms with Crippen LogP contribution in [-0.2, 0) is 0 Å². The van der Waals surface area contributed by atoms with Crippen LogP contribution in [0.2, 0.25) is 0 Å². The molecule has 2 unspecified atom stereocenters. The van der Waals surface area contributed by atoms with Crippen molar-refractivity contribution in [1.82, 2.24) is 4.90 Å². The van der Waals surface area contributed by atoms with Crippen molar-refractivity contribution < 1.29 is 4.42 Å².